The molecule has 30 heavy (non-hydrogen) atoms. The predicted molar refractivity (Wildman–Crippen MR) is 120 cm³/mol. The van der Waals surface area contributed by atoms with Crippen LogP contribution in [-0.4, -0.2) is 19.0 Å². The number of hydrogen-bond donors (Lipinski definition) is 1. The SMILES string of the molecule is Nn1c(SCc2cc(=O)n3ccccc3n2)nc2scc(-c3ccccc3)c2c1=O. The van der Waals surface area contributed by atoms with Crippen LogP contribution in [0.25, 0.3) is 27.0 Å². The van der Waals surface area contributed by atoms with Gasteiger partial charge in [0.25, 0.3) is 11.1 Å². The summed E-state index contributed by atoms with van der Waals surface area (Å²) in [5.74, 6) is 6.45. The predicted octanol–water partition coefficient (Wildman–Crippen LogP) is 3.14. The van der Waals surface area contributed by atoms with E-state index in [1.165, 1.54) is 33.6 Å². The molecule has 0 unspecified atom stereocenters. The van der Waals surface area contributed by atoms with Crippen LogP contribution in [0, 0.1) is 0 Å². The lowest BCUT2D eigenvalue weighted by molar-refractivity contribution is 0.781. The van der Waals surface area contributed by atoms with E-state index in [2.05, 4.69) is 9.97 Å². The third-order valence-corrected chi connectivity index (χ3v) is 6.52. The molecular weight excluding hydrogens is 418 g/mol. The van der Waals surface area contributed by atoms with Crippen LogP contribution in [0.5, 0.6) is 0 Å². The van der Waals surface area contributed by atoms with E-state index in [0.717, 1.165) is 15.8 Å². The Labute approximate surface area is 178 Å². The van der Waals surface area contributed by atoms with Crippen molar-refractivity contribution >= 4 is 39.0 Å². The number of pyridine rings is 1. The molecule has 0 fully saturated rings. The summed E-state index contributed by atoms with van der Waals surface area (Å²) >= 11 is 2.68. The smallest absolute Gasteiger partial charge is 0.282 e. The summed E-state index contributed by atoms with van der Waals surface area (Å²) in [6, 6.07) is 16.6. The minimum atomic E-state index is -0.297. The topological polar surface area (TPSA) is 95.3 Å². The second-order valence-corrected chi connectivity index (χ2v) is 8.37. The first kappa shape index (κ1) is 18.6. The van der Waals surface area contributed by atoms with Gasteiger partial charge in [0.05, 0.1) is 11.1 Å². The van der Waals surface area contributed by atoms with Crippen LogP contribution in [0.15, 0.2) is 80.9 Å². The highest BCUT2D eigenvalue weighted by Gasteiger charge is 2.16. The Morgan fingerprint density at radius 3 is 2.67 bits per heavy atom. The number of rotatable bonds is 4. The zero-order valence-corrected chi connectivity index (χ0v) is 17.2. The molecule has 0 aliphatic heterocycles. The maximum Gasteiger partial charge on any atom is 0.282 e. The van der Waals surface area contributed by atoms with Gasteiger partial charge in [-0.3, -0.25) is 14.0 Å². The molecular formula is C21H15N5O2S2. The molecule has 0 aliphatic carbocycles. The summed E-state index contributed by atoms with van der Waals surface area (Å²) in [6.45, 7) is 0. The molecule has 0 bridgehead atoms. The average Bonchev–Trinajstić information content (AvgIpc) is 3.20. The third-order valence-electron chi connectivity index (χ3n) is 4.67. The number of nitrogens with two attached hydrogens (primary N) is 1. The molecule has 4 aromatic heterocycles. The average molecular weight is 434 g/mol. The first-order valence-corrected chi connectivity index (χ1v) is 10.9. The Kier molecular flexibility index (Phi) is 4.61. The van der Waals surface area contributed by atoms with E-state index < -0.39 is 0 Å². The van der Waals surface area contributed by atoms with Crippen molar-refractivity contribution in [1.82, 2.24) is 19.0 Å². The van der Waals surface area contributed by atoms with Crippen molar-refractivity contribution in [3.63, 3.8) is 0 Å². The Morgan fingerprint density at radius 1 is 1.03 bits per heavy atom. The highest BCUT2D eigenvalue weighted by molar-refractivity contribution is 7.98. The first-order valence-electron chi connectivity index (χ1n) is 9.07. The van der Waals surface area contributed by atoms with E-state index in [1.54, 1.807) is 18.3 Å². The van der Waals surface area contributed by atoms with Crippen molar-refractivity contribution in [2.75, 3.05) is 5.84 Å². The van der Waals surface area contributed by atoms with E-state index in [9.17, 15) is 9.59 Å². The van der Waals surface area contributed by atoms with Gasteiger partial charge >= 0.3 is 0 Å². The third kappa shape index (κ3) is 3.17. The Balaban J connectivity index is 1.51. The van der Waals surface area contributed by atoms with E-state index in [4.69, 9.17) is 5.84 Å². The Hall–Kier alpha value is -3.43. The molecule has 2 N–H and O–H groups in total. The van der Waals surface area contributed by atoms with Gasteiger partial charge in [-0.15, -0.1) is 11.3 Å². The zero-order chi connectivity index (χ0) is 20.7. The minimum absolute atomic E-state index is 0.157. The molecule has 0 amide bonds. The fraction of sp³-hybridized carbons (Fsp3) is 0.0476. The highest BCUT2D eigenvalue weighted by atomic mass is 32.2. The van der Waals surface area contributed by atoms with Gasteiger partial charge in [0.1, 0.15) is 10.5 Å². The Morgan fingerprint density at radius 2 is 1.83 bits per heavy atom. The van der Waals surface area contributed by atoms with Crippen molar-refractivity contribution in [3.05, 3.63) is 92.6 Å². The molecule has 0 saturated carbocycles. The molecule has 1 aromatic carbocycles. The van der Waals surface area contributed by atoms with Gasteiger partial charge in [-0.05, 0) is 17.7 Å². The maximum atomic E-state index is 13.0. The Bertz CT molecular complexity index is 1510. The number of thiophene rings is 1. The molecule has 0 spiro atoms. The van der Waals surface area contributed by atoms with Gasteiger partial charge in [-0.1, -0.05) is 48.2 Å². The van der Waals surface area contributed by atoms with Gasteiger partial charge in [0, 0.05) is 29.0 Å². The van der Waals surface area contributed by atoms with Crippen LogP contribution in [0.3, 0.4) is 0 Å². The number of hydrogen-bond acceptors (Lipinski definition) is 7. The van der Waals surface area contributed by atoms with Crippen LogP contribution in [-0.2, 0) is 5.75 Å². The van der Waals surface area contributed by atoms with Gasteiger partial charge in [0.2, 0.25) is 0 Å². The van der Waals surface area contributed by atoms with Crippen molar-refractivity contribution in [1.29, 1.82) is 0 Å². The van der Waals surface area contributed by atoms with E-state index in [-0.39, 0.29) is 11.1 Å². The van der Waals surface area contributed by atoms with Crippen LogP contribution in [0.2, 0.25) is 0 Å². The molecule has 5 rings (SSSR count). The number of benzene rings is 1. The molecule has 0 atom stereocenters. The maximum absolute atomic E-state index is 13.0. The second-order valence-electron chi connectivity index (χ2n) is 6.57. The minimum Gasteiger partial charge on any atom is -0.334 e. The molecule has 9 heteroatoms. The molecule has 4 heterocycles. The van der Waals surface area contributed by atoms with E-state index >= 15 is 0 Å². The molecule has 5 aromatic rings. The van der Waals surface area contributed by atoms with E-state index in [0.29, 0.717) is 32.5 Å². The van der Waals surface area contributed by atoms with Crippen molar-refractivity contribution in [3.8, 4) is 11.1 Å². The molecule has 0 aliphatic rings. The number of nitrogens with zero attached hydrogens (tertiary/aromatic N) is 4. The number of fused-ring (bicyclic) bond motifs is 2. The summed E-state index contributed by atoms with van der Waals surface area (Å²) in [7, 11) is 0. The summed E-state index contributed by atoms with van der Waals surface area (Å²) < 4.78 is 2.55. The summed E-state index contributed by atoms with van der Waals surface area (Å²) in [6.07, 6.45) is 1.68. The lowest BCUT2D eigenvalue weighted by Gasteiger charge is -2.08. The fourth-order valence-corrected chi connectivity index (χ4v) is 5.03. The largest absolute Gasteiger partial charge is 0.334 e. The van der Waals surface area contributed by atoms with Crippen LogP contribution < -0.4 is 17.0 Å². The van der Waals surface area contributed by atoms with Gasteiger partial charge in [-0.2, -0.15) is 0 Å². The molecule has 148 valence electrons. The van der Waals surface area contributed by atoms with Gasteiger partial charge < -0.3 is 5.84 Å². The summed E-state index contributed by atoms with van der Waals surface area (Å²) in [5.41, 5.74) is 2.49. The second kappa shape index (κ2) is 7.43. The number of thioether (sulfide) groups is 1. The zero-order valence-electron chi connectivity index (χ0n) is 15.6. The standard InChI is InChI=1S/C21H15N5O2S2/c22-26-20(28)18-15(13-6-2-1-3-7-13)12-29-19(18)24-21(26)30-11-14-10-17(27)25-9-5-4-8-16(25)23-14/h1-10,12H,11,22H2. The number of nitrogen functional groups attached to an aromatic ring is 1. The monoisotopic (exact) mass is 433 g/mol. The normalized spacial score (nSPS) is 11.3. The molecule has 7 nitrogen and oxygen atoms in total. The van der Waals surface area contributed by atoms with E-state index in [1.807, 2.05) is 41.8 Å². The van der Waals surface area contributed by atoms with Crippen molar-refractivity contribution < 1.29 is 0 Å². The molecule has 0 saturated heterocycles. The highest BCUT2D eigenvalue weighted by Crippen LogP contribution is 2.32. The quantitative estimate of drug-likeness (QED) is 0.266. The number of aromatic nitrogens is 4. The van der Waals surface area contributed by atoms with Gasteiger partial charge in [-0.25, -0.2) is 14.6 Å². The summed E-state index contributed by atoms with van der Waals surface area (Å²) in [4.78, 5) is 35.0. The van der Waals surface area contributed by atoms with Crippen LogP contribution in [0.1, 0.15) is 5.69 Å². The van der Waals surface area contributed by atoms with Crippen LogP contribution >= 0.6 is 23.1 Å². The lowest BCUT2D eigenvalue weighted by Crippen LogP contribution is -2.29. The van der Waals surface area contributed by atoms with Crippen LogP contribution in [0.4, 0.5) is 0 Å². The first-order chi connectivity index (χ1) is 14.6. The fourth-order valence-electron chi connectivity index (χ4n) is 3.23. The van der Waals surface area contributed by atoms with Crippen molar-refractivity contribution in [2.45, 2.75) is 10.9 Å². The van der Waals surface area contributed by atoms with Crippen molar-refractivity contribution in [2.24, 2.45) is 0 Å². The molecule has 0 radical (unpaired) electrons. The summed E-state index contributed by atoms with van der Waals surface area (Å²) in [5, 5.41) is 2.82. The van der Waals surface area contributed by atoms with Gasteiger partial charge in [0.15, 0.2) is 5.16 Å². The lowest BCUT2D eigenvalue weighted by atomic mass is 10.1.